The number of rotatable bonds is 16. The van der Waals surface area contributed by atoms with Gasteiger partial charge in [0.2, 0.25) is 5.60 Å². The topological polar surface area (TPSA) is 216 Å². The van der Waals surface area contributed by atoms with E-state index in [9.17, 15) is 24.2 Å². The van der Waals surface area contributed by atoms with E-state index in [1.165, 1.54) is 16.9 Å². The molecule has 1 saturated carbocycles. The van der Waals surface area contributed by atoms with Gasteiger partial charge in [0.15, 0.2) is 18.0 Å². The van der Waals surface area contributed by atoms with Gasteiger partial charge in [0.05, 0.1) is 18.9 Å². The predicted molar refractivity (Wildman–Crippen MR) is 190 cm³/mol. The number of anilines is 1. The zero-order valence-corrected chi connectivity index (χ0v) is 31.7. The minimum Gasteiger partial charge on any atom is -0.464 e. The second kappa shape index (κ2) is 16.2. The minimum absolute atomic E-state index is 0.0647. The van der Waals surface area contributed by atoms with Crippen LogP contribution in [0.4, 0.5) is 5.82 Å². The van der Waals surface area contributed by atoms with Crippen molar-refractivity contribution in [2.75, 3.05) is 18.9 Å². The van der Waals surface area contributed by atoms with Gasteiger partial charge in [0, 0.05) is 12.8 Å². The van der Waals surface area contributed by atoms with E-state index in [4.69, 9.17) is 33.7 Å². The fourth-order valence-corrected chi connectivity index (χ4v) is 7.36. The highest BCUT2D eigenvalue weighted by atomic mass is 31.2. The molecule has 3 N–H and O–H groups in total. The molecule has 0 bridgehead atoms. The highest BCUT2D eigenvalue weighted by Gasteiger charge is 2.62. The molecule has 1 aliphatic heterocycles. The van der Waals surface area contributed by atoms with Gasteiger partial charge >= 0.3 is 25.7 Å². The second-order valence-electron chi connectivity index (χ2n) is 14.1. The smallest absolute Gasteiger partial charge is 0.459 e. The molecule has 3 heterocycles. The Kier molecular flexibility index (Phi) is 12.1. The van der Waals surface area contributed by atoms with Crippen molar-refractivity contribution >= 4 is 37.0 Å². The van der Waals surface area contributed by atoms with Crippen LogP contribution in [0.2, 0.25) is 0 Å². The van der Waals surface area contributed by atoms with E-state index in [-0.39, 0.29) is 48.5 Å². The Morgan fingerprint density at radius 1 is 1.08 bits per heavy atom. The van der Waals surface area contributed by atoms with Crippen LogP contribution in [-0.2, 0) is 53.4 Å². The van der Waals surface area contributed by atoms with Crippen molar-refractivity contribution in [2.45, 2.75) is 109 Å². The lowest BCUT2D eigenvalue weighted by atomic mass is 9.87. The van der Waals surface area contributed by atoms with Crippen LogP contribution in [0, 0.1) is 17.2 Å². The molecular weight excluding hydrogens is 707 g/mol. The Morgan fingerprint density at radius 3 is 2.36 bits per heavy atom. The molecule has 0 radical (unpaired) electrons. The minimum atomic E-state index is -4.49. The van der Waals surface area contributed by atoms with Gasteiger partial charge in [0.25, 0.3) is 0 Å². The molecule has 2 aromatic heterocycles. The summed E-state index contributed by atoms with van der Waals surface area (Å²) in [6.07, 6.45) is -1.19. The Bertz CT molecular complexity index is 1890. The van der Waals surface area contributed by atoms with Crippen molar-refractivity contribution in [1.82, 2.24) is 19.7 Å². The van der Waals surface area contributed by atoms with E-state index in [1.807, 2.05) is 32.9 Å². The normalized spacial score (nSPS) is 23.1. The number of fused-ring (bicyclic) bond motifs is 1. The number of nitrogens with one attached hydrogen (secondary N) is 1. The van der Waals surface area contributed by atoms with Crippen molar-refractivity contribution in [3.63, 3.8) is 0 Å². The van der Waals surface area contributed by atoms with Gasteiger partial charge in [-0.25, -0.2) is 14.1 Å². The van der Waals surface area contributed by atoms with Gasteiger partial charge in [-0.15, -0.1) is 0 Å². The molecule has 5 rings (SSSR count). The summed E-state index contributed by atoms with van der Waals surface area (Å²) in [5, 5.41) is 17.8. The molecule has 1 unspecified atom stereocenters. The van der Waals surface area contributed by atoms with Crippen molar-refractivity contribution in [3.05, 3.63) is 54.0 Å². The maximum atomic E-state index is 14.7. The number of ether oxygens (including phenoxy) is 4. The molecule has 16 nitrogen and oxygen atoms in total. The maximum absolute atomic E-state index is 14.7. The molecule has 2 aliphatic rings. The zero-order chi connectivity index (χ0) is 38.6. The monoisotopic (exact) mass is 754 g/mol. The number of nitrogens with two attached hydrogens (primary N) is 1. The first kappa shape index (κ1) is 39.7. The van der Waals surface area contributed by atoms with Crippen LogP contribution in [-0.4, -0.2) is 70.1 Å². The van der Waals surface area contributed by atoms with E-state index in [0.717, 1.165) is 18.4 Å². The second-order valence-corrected chi connectivity index (χ2v) is 15.8. The van der Waals surface area contributed by atoms with Crippen molar-refractivity contribution in [2.24, 2.45) is 5.92 Å². The molecule has 53 heavy (non-hydrogen) atoms. The van der Waals surface area contributed by atoms with Crippen LogP contribution >= 0.6 is 7.75 Å². The molecule has 286 valence electrons. The summed E-state index contributed by atoms with van der Waals surface area (Å²) in [5.41, 5.74) is 5.19. The fraction of sp³-hybridized carbons (Fsp3) is 0.556. The van der Waals surface area contributed by atoms with Crippen LogP contribution in [0.25, 0.3) is 5.52 Å². The fourth-order valence-electron chi connectivity index (χ4n) is 5.77. The van der Waals surface area contributed by atoms with Gasteiger partial charge in [-0.05, 0) is 60.4 Å². The van der Waals surface area contributed by atoms with E-state index < -0.39 is 62.2 Å². The third kappa shape index (κ3) is 8.98. The molecule has 2 fully saturated rings. The number of nitriles is 1. The Labute approximate surface area is 308 Å². The lowest BCUT2D eigenvalue weighted by Gasteiger charge is -2.28. The highest BCUT2D eigenvalue weighted by molar-refractivity contribution is 7.52. The number of carbonyl (C=O) groups is 3. The third-order valence-electron chi connectivity index (χ3n) is 9.05. The maximum Gasteiger partial charge on any atom is 0.459 e. The summed E-state index contributed by atoms with van der Waals surface area (Å²) < 4.78 is 51.5. The van der Waals surface area contributed by atoms with Crippen LogP contribution in [0.1, 0.15) is 84.9 Å². The number of carbonyl (C=O) groups excluding carboxylic acids is 3. The highest BCUT2D eigenvalue weighted by Crippen LogP contribution is 2.49. The van der Waals surface area contributed by atoms with E-state index in [0.29, 0.717) is 11.4 Å². The average molecular weight is 755 g/mol. The van der Waals surface area contributed by atoms with E-state index in [1.54, 1.807) is 39.0 Å². The first-order valence-corrected chi connectivity index (χ1v) is 19.3. The van der Waals surface area contributed by atoms with Crippen LogP contribution in [0.15, 0.2) is 42.7 Å². The third-order valence-corrected chi connectivity index (χ3v) is 10.6. The van der Waals surface area contributed by atoms with Gasteiger partial charge in [0.1, 0.15) is 35.8 Å². The summed E-state index contributed by atoms with van der Waals surface area (Å²) in [4.78, 5) is 42.8. The largest absolute Gasteiger partial charge is 0.464 e. The van der Waals surface area contributed by atoms with Crippen LogP contribution in [0.5, 0.6) is 5.75 Å². The molecule has 17 heteroatoms. The standard InChI is InChI=1S/C36H47N6O10P/c1-7-25(34(45)47-18-22-10-11-22)41-53(46,52-24-14-12-23(13-15-24)35(4,5)6)48-19-27-31(49-29(43)8-2)32(50-30(44)9-3)36(20-37,51-27)28-17-16-26-33(38)39-21-40-42(26)28/h12-17,21-22,25,27,31-32H,7-11,18-19H2,1-6H3,(H,41,46)(H2,38,39,40)/t25-,27+,31+,32+,36-,53?/m0/s1. The van der Waals surface area contributed by atoms with Crippen molar-refractivity contribution in [3.8, 4) is 11.8 Å². The van der Waals surface area contributed by atoms with Gasteiger partial charge in [-0.2, -0.15) is 15.4 Å². The number of hydrogen-bond donors (Lipinski definition) is 2. The van der Waals surface area contributed by atoms with E-state index in [2.05, 4.69) is 21.2 Å². The predicted octanol–water partition coefficient (Wildman–Crippen LogP) is 4.90. The molecular formula is C36H47N6O10P. The summed E-state index contributed by atoms with van der Waals surface area (Å²) in [5.74, 6) is -1.45. The van der Waals surface area contributed by atoms with Crippen LogP contribution in [0.3, 0.4) is 0 Å². The molecule has 1 saturated heterocycles. The number of esters is 3. The van der Waals surface area contributed by atoms with Crippen LogP contribution < -0.4 is 15.3 Å². The SMILES string of the molecule is CCC(=O)O[C@H]1[C@@H](OC(=O)CC)[C@](C#N)(c2ccc3c(N)ncnn23)O[C@@H]1COP(=O)(N[C@@H](CC)C(=O)OCC1CC1)Oc1ccc(C(C)(C)C)cc1. The molecule has 3 aromatic rings. The first-order chi connectivity index (χ1) is 25.2. The van der Waals surface area contributed by atoms with Crippen molar-refractivity contribution in [1.29, 1.82) is 5.26 Å². The Balaban J connectivity index is 1.52. The number of hydrogen-bond acceptors (Lipinski definition) is 14. The lowest BCUT2D eigenvalue weighted by molar-refractivity contribution is -0.169. The number of nitrogen functional groups attached to an aromatic ring is 1. The van der Waals surface area contributed by atoms with Gasteiger partial charge < -0.3 is 29.2 Å². The molecule has 1 aromatic carbocycles. The van der Waals surface area contributed by atoms with Crippen molar-refractivity contribution < 1.29 is 46.9 Å². The number of nitrogens with zero attached hydrogens (tertiary/aromatic N) is 4. The molecule has 0 amide bonds. The first-order valence-electron chi connectivity index (χ1n) is 17.7. The average Bonchev–Trinajstić information content (AvgIpc) is 3.79. The van der Waals surface area contributed by atoms with Gasteiger partial charge in [-0.1, -0.05) is 53.7 Å². The summed E-state index contributed by atoms with van der Waals surface area (Å²) in [6, 6.07) is 11.0. The zero-order valence-electron chi connectivity index (χ0n) is 30.8. The summed E-state index contributed by atoms with van der Waals surface area (Å²) >= 11 is 0. The summed E-state index contributed by atoms with van der Waals surface area (Å²) in [7, 11) is -4.49. The Hall–Kier alpha value is -4.55. The molecule has 1 aliphatic carbocycles. The molecule has 6 atom stereocenters. The van der Waals surface area contributed by atoms with E-state index >= 15 is 0 Å². The lowest BCUT2D eigenvalue weighted by Crippen LogP contribution is -2.46. The Morgan fingerprint density at radius 2 is 1.75 bits per heavy atom. The van der Waals surface area contributed by atoms with Gasteiger partial charge in [-0.3, -0.25) is 18.9 Å². The molecule has 0 spiro atoms. The quantitative estimate of drug-likeness (QED) is 0.113. The number of benzene rings is 1. The number of aromatic nitrogens is 3. The summed E-state index contributed by atoms with van der Waals surface area (Å²) in [6.45, 7) is 10.6.